The van der Waals surface area contributed by atoms with Gasteiger partial charge in [-0.1, -0.05) is 17.7 Å². The number of hydrogen-bond donors (Lipinski definition) is 1. The van der Waals surface area contributed by atoms with E-state index in [1.807, 2.05) is 0 Å². The van der Waals surface area contributed by atoms with E-state index < -0.39 is 30.1 Å². The fourth-order valence-electron chi connectivity index (χ4n) is 1.71. The standard InChI is InChI=1S/C16H12ClF2NO3/c1-9-2-3-10(6-12(9)18)16(22)23-8-15(21)20-14-5-4-11(17)7-13(14)19/h2-7H,8H2,1H3,(H,20,21). The monoisotopic (exact) mass is 339 g/mol. The molecule has 7 heteroatoms. The molecule has 0 bridgehead atoms. The Balaban J connectivity index is 1.93. The Hall–Kier alpha value is -2.47. The predicted octanol–water partition coefficient (Wildman–Crippen LogP) is 3.72. The van der Waals surface area contributed by atoms with Gasteiger partial charge in [-0.05, 0) is 42.8 Å². The lowest BCUT2D eigenvalue weighted by molar-refractivity contribution is -0.119. The van der Waals surface area contributed by atoms with Gasteiger partial charge in [0.05, 0.1) is 11.3 Å². The molecule has 0 saturated heterocycles. The summed E-state index contributed by atoms with van der Waals surface area (Å²) in [6, 6.07) is 7.56. The van der Waals surface area contributed by atoms with Crippen LogP contribution < -0.4 is 5.32 Å². The molecule has 0 aliphatic carbocycles. The third kappa shape index (κ3) is 4.50. The zero-order chi connectivity index (χ0) is 17.0. The van der Waals surface area contributed by atoms with Gasteiger partial charge in [0.15, 0.2) is 6.61 Å². The smallest absolute Gasteiger partial charge is 0.338 e. The molecule has 4 nitrogen and oxygen atoms in total. The summed E-state index contributed by atoms with van der Waals surface area (Å²) >= 11 is 5.60. The largest absolute Gasteiger partial charge is 0.452 e. The highest BCUT2D eigenvalue weighted by Crippen LogP contribution is 2.18. The Morgan fingerprint density at radius 2 is 1.87 bits per heavy atom. The number of carbonyl (C=O) groups is 2. The van der Waals surface area contributed by atoms with Crippen molar-refractivity contribution in [2.75, 3.05) is 11.9 Å². The first-order valence-electron chi connectivity index (χ1n) is 6.55. The fourth-order valence-corrected chi connectivity index (χ4v) is 1.87. The van der Waals surface area contributed by atoms with E-state index in [1.54, 1.807) is 6.92 Å². The number of benzene rings is 2. The summed E-state index contributed by atoms with van der Waals surface area (Å²) in [5, 5.41) is 2.43. The van der Waals surface area contributed by atoms with E-state index in [0.29, 0.717) is 5.56 Å². The maximum absolute atomic E-state index is 13.5. The van der Waals surface area contributed by atoms with E-state index in [1.165, 1.54) is 24.3 Å². The molecule has 2 rings (SSSR count). The summed E-state index contributed by atoms with van der Waals surface area (Å²) < 4.78 is 31.6. The highest BCUT2D eigenvalue weighted by atomic mass is 35.5. The number of ether oxygens (including phenoxy) is 1. The molecular weight excluding hydrogens is 328 g/mol. The van der Waals surface area contributed by atoms with Crippen molar-refractivity contribution in [3.05, 3.63) is 64.2 Å². The minimum Gasteiger partial charge on any atom is -0.452 e. The van der Waals surface area contributed by atoms with Gasteiger partial charge in [-0.15, -0.1) is 0 Å². The molecule has 2 aromatic carbocycles. The second kappa shape index (κ2) is 7.19. The van der Waals surface area contributed by atoms with Gasteiger partial charge in [0.25, 0.3) is 5.91 Å². The number of nitrogens with one attached hydrogen (secondary N) is 1. The number of hydrogen-bond acceptors (Lipinski definition) is 3. The second-order valence-corrected chi connectivity index (χ2v) is 5.15. The number of aryl methyl sites for hydroxylation is 1. The minimum atomic E-state index is -0.851. The van der Waals surface area contributed by atoms with Gasteiger partial charge in [-0.3, -0.25) is 4.79 Å². The van der Waals surface area contributed by atoms with Crippen molar-refractivity contribution in [3.8, 4) is 0 Å². The number of halogens is 3. The number of amides is 1. The summed E-state index contributed by atoms with van der Waals surface area (Å²) in [6.07, 6.45) is 0. The summed E-state index contributed by atoms with van der Waals surface area (Å²) in [7, 11) is 0. The van der Waals surface area contributed by atoms with Crippen LogP contribution in [0.4, 0.5) is 14.5 Å². The van der Waals surface area contributed by atoms with Crippen molar-refractivity contribution >= 4 is 29.2 Å². The molecule has 1 amide bonds. The lowest BCUT2D eigenvalue weighted by atomic mass is 10.1. The van der Waals surface area contributed by atoms with Crippen molar-refractivity contribution in [3.63, 3.8) is 0 Å². The molecular formula is C16H12ClF2NO3. The molecule has 0 aliphatic heterocycles. The van der Waals surface area contributed by atoms with Crippen LogP contribution in [0.1, 0.15) is 15.9 Å². The van der Waals surface area contributed by atoms with Crippen molar-refractivity contribution in [1.82, 2.24) is 0 Å². The normalized spacial score (nSPS) is 10.3. The highest BCUT2D eigenvalue weighted by molar-refractivity contribution is 6.30. The van der Waals surface area contributed by atoms with Crippen LogP contribution in [0.3, 0.4) is 0 Å². The predicted molar refractivity (Wildman–Crippen MR) is 81.5 cm³/mol. The van der Waals surface area contributed by atoms with E-state index >= 15 is 0 Å². The zero-order valence-electron chi connectivity index (χ0n) is 12.0. The molecule has 0 spiro atoms. The highest BCUT2D eigenvalue weighted by Gasteiger charge is 2.13. The number of anilines is 1. The average Bonchev–Trinajstić information content (AvgIpc) is 2.50. The number of carbonyl (C=O) groups excluding carboxylic acids is 2. The Labute approximate surface area is 136 Å². The average molecular weight is 340 g/mol. The van der Waals surface area contributed by atoms with Crippen molar-refractivity contribution in [1.29, 1.82) is 0 Å². The van der Waals surface area contributed by atoms with Crippen molar-refractivity contribution in [2.45, 2.75) is 6.92 Å². The van der Waals surface area contributed by atoms with Crippen LogP contribution >= 0.6 is 11.6 Å². The third-order valence-electron chi connectivity index (χ3n) is 2.95. The number of rotatable bonds is 4. The van der Waals surface area contributed by atoms with Crippen molar-refractivity contribution < 1.29 is 23.1 Å². The van der Waals surface area contributed by atoms with Gasteiger partial charge < -0.3 is 10.1 Å². The van der Waals surface area contributed by atoms with E-state index in [-0.39, 0.29) is 16.3 Å². The molecule has 0 atom stereocenters. The van der Waals surface area contributed by atoms with Crippen LogP contribution in [-0.2, 0) is 9.53 Å². The Morgan fingerprint density at radius 3 is 2.52 bits per heavy atom. The van der Waals surface area contributed by atoms with E-state index in [0.717, 1.165) is 12.1 Å². The molecule has 23 heavy (non-hydrogen) atoms. The maximum Gasteiger partial charge on any atom is 0.338 e. The quantitative estimate of drug-likeness (QED) is 0.864. The van der Waals surface area contributed by atoms with Crippen molar-refractivity contribution in [2.24, 2.45) is 0 Å². The molecule has 0 radical (unpaired) electrons. The number of esters is 1. The van der Waals surface area contributed by atoms with Crippen LogP contribution in [0.15, 0.2) is 36.4 Å². The van der Waals surface area contributed by atoms with Gasteiger partial charge in [-0.25, -0.2) is 13.6 Å². The third-order valence-corrected chi connectivity index (χ3v) is 3.18. The summed E-state index contributed by atoms with van der Waals surface area (Å²) in [5.74, 6) is -2.84. The van der Waals surface area contributed by atoms with Crippen LogP contribution in [0.2, 0.25) is 5.02 Å². The second-order valence-electron chi connectivity index (χ2n) is 4.71. The first kappa shape index (κ1) is 16.9. The lowest BCUT2D eigenvalue weighted by Crippen LogP contribution is -2.21. The van der Waals surface area contributed by atoms with Gasteiger partial charge in [0.1, 0.15) is 11.6 Å². The van der Waals surface area contributed by atoms with E-state index in [9.17, 15) is 18.4 Å². The molecule has 0 aliphatic rings. The minimum absolute atomic E-state index is 0.0152. The lowest BCUT2D eigenvalue weighted by Gasteiger charge is -2.08. The van der Waals surface area contributed by atoms with Gasteiger partial charge in [0.2, 0.25) is 0 Å². The van der Waals surface area contributed by atoms with E-state index in [4.69, 9.17) is 16.3 Å². The Bertz CT molecular complexity index is 765. The van der Waals surface area contributed by atoms with Crippen LogP contribution in [0.5, 0.6) is 0 Å². The molecule has 1 N–H and O–H groups in total. The Morgan fingerprint density at radius 1 is 1.13 bits per heavy atom. The topological polar surface area (TPSA) is 55.4 Å². The Kier molecular flexibility index (Phi) is 5.28. The van der Waals surface area contributed by atoms with Crippen LogP contribution in [0, 0.1) is 18.6 Å². The van der Waals surface area contributed by atoms with Gasteiger partial charge in [0, 0.05) is 5.02 Å². The fraction of sp³-hybridized carbons (Fsp3) is 0.125. The molecule has 2 aromatic rings. The summed E-state index contributed by atoms with van der Waals surface area (Å²) in [5.41, 5.74) is 0.285. The first-order chi connectivity index (χ1) is 10.9. The molecule has 0 heterocycles. The molecule has 120 valence electrons. The summed E-state index contributed by atoms with van der Waals surface area (Å²) in [4.78, 5) is 23.4. The zero-order valence-corrected chi connectivity index (χ0v) is 12.8. The van der Waals surface area contributed by atoms with Crippen LogP contribution in [-0.4, -0.2) is 18.5 Å². The van der Waals surface area contributed by atoms with Gasteiger partial charge >= 0.3 is 5.97 Å². The molecule has 0 unspecified atom stereocenters. The summed E-state index contributed by atoms with van der Waals surface area (Å²) in [6.45, 7) is 0.926. The van der Waals surface area contributed by atoms with Crippen LogP contribution in [0.25, 0.3) is 0 Å². The maximum atomic E-state index is 13.5. The van der Waals surface area contributed by atoms with Gasteiger partial charge in [-0.2, -0.15) is 0 Å². The molecule has 0 saturated carbocycles. The van der Waals surface area contributed by atoms with E-state index in [2.05, 4.69) is 5.32 Å². The molecule has 0 fully saturated rings. The first-order valence-corrected chi connectivity index (χ1v) is 6.93. The molecule has 0 aromatic heterocycles. The SMILES string of the molecule is Cc1ccc(C(=O)OCC(=O)Nc2ccc(Cl)cc2F)cc1F.